The zero-order chi connectivity index (χ0) is 13.1. The van der Waals surface area contributed by atoms with Gasteiger partial charge in [0.15, 0.2) is 0 Å². The maximum atomic E-state index is 4.39. The van der Waals surface area contributed by atoms with Crippen LogP contribution >= 0.6 is 23.5 Å². The first-order chi connectivity index (χ1) is 8.65. The zero-order valence-corrected chi connectivity index (χ0v) is 13.2. The first kappa shape index (κ1) is 14.3. The van der Waals surface area contributed by atoms with Gasteiger partial charge in [-0.1, -0.05) is 13.8 Å². The maximum absolute atomic E-state index is 4.39. The molecule has 0 aliphatic carbocycles. The Kier molecular flexibility index (Phi) is 5.04. The summed E-state index contributed by atoms with van der Waals surface area (Å²) < 4.78 is 2.01. The minimum absolute atomic E-state index is 0.415. The van der Waals surface area contributed by atoms with Crippen molar-refractivity contribution >= 4 is 23.5 Å². The Balaban J connectivity index is 2.08. The minimum Gasteiger partial charge on any atom is -0.312 e. The lowest BCUT2D eigenvalue weighted by Crippen LogP contribution is -2.35. The molecule has 1 aromatic heterocycles. The van der Waals surface area contributed by atoms with E-state index in [-0.39, 0.29) is 0 Å². The third-order valence-corrected chi connectivity index (χ3v) is 7.09. The van der Waals surface area contributed by atoms with Gasteiger partial charge in [-0.25, -0.2) is 0 Å². The Morgan fingerprint density at radius 3 is 2.83 bits per heavy atom. The number of nitrogens with zero attached hydrogens (tertiary/aromatic N) is 2. The molecule has 3 nitrogen and oxygen atoms in total. The molecule has 0 radical (unpaired) electrons. The molecule has 4 unspecified atom stereocenters. The van der Waals surface area contributed by atoms with E-state index >= 15 is 0 Å². The summed E-state index contributed by atoms with van der Waals surface area (Å²) in [6.07, 6.45) is 4.19. The highest BCUT2D eigenvalue weighted by atomic mass is 32.2. The Morgan fingerprint density at radius 2 is 2.28 bits per heavy atom. The van der Waals surface area contributed by atoms with E-state index in [0.29, 0.717) is 11.3 Å². The molecule has 1 fully saturated rings. The van der Waals surface area contributed by atoms with Crippen molar-refractivity contribution in [2.45, 2.75) is 49.1 Å². The second-order valence-electron chi connectivity index (χ2n) is 4.81. The standard InChI is InChI=1S/C13H23N3S2/c1-5-16-7-11(6-15-16)13(14-4)12-8-17-9(2)10(3)18-12/h6-7,9-10,12-14H,5,8H2,1-4H3. The summed E-state index contributed by atoms with van der Waals surface area (Å²) in [7, 11) is 2.06. The molecule has 5 heteroatoms. The number of rotatable bonds is 4. The molecule has 0 saturated carbocycles. The molecule has 0 aromatic carbocycles. The fourth-order valence-corrected chi connectivity index (χ4v) is 5.42. The molecular weight excluding hydrogens is 262 g/mol. The average Bonchev–Trinajstić information content (AvgIpc) is 2.83. The predicted octanol–water partition coefficient (Wildman–Crippen LogP) is 2.79. The van der Waals surface area contributed by atoms with Crippen LogP contribution in [0.15, 0.2) is 12.4 Å². The van der Waals surface area contributed by atoms with Gasteiger partial charge in [0.2, 0.25) is 0 Å². The van der Waals surface area contributed by atoms with Gasteiger partial charge in [0.25, 0.3) is 0 Å². The first-order valence-corrected chi connectivity index (χ1v) is 8.61. The molecule has 1 aliphatic heterocycles. The van der Waals surface area contributed by atoms with E-state index in [2.05, 4.69) is 68.0 Å². The van der Waals surface area contributed by atoms with Gasteiger partial charge < -0.3 is 5.32 Å². The van der Waals surface area contributed by atoms with Crippen LogP contribution in [0.5, 0.6) is 0 Å². The summed E-state index contributed by atoms with van der Waals surface area (Å²) in [5.41, 5.74) is 1.32. The normalized spacial score (nSPS) is 30.3. The lowest BCUT2D eigenvalue weighted by molar-refractivity contribution is 0.585. The molecule has 102 valence electrons. The Bertz CT molecular complexity index is 380. The Morgan fingerprint density at radius 1 is 1.50 bits per heavy atom. The smallest absolute Gasteiger partial charge is 0.0538 e. The minimum atomic E-state index is 0.415. The van der Waals surface area contributed by atoms with Gasteiger partial charge >= 0.3 is 0 Å². The van der Waals surface area contributed by atoms with Crippen molar-refractivity contribution in [1.29, 1.82) is 0 Å². The van der Waals surface area contributed by atoms with E-state index < -0.39 is 0 Å². The van der Waals surface area contributed by atoms with Gasteiger partial charge in [-0.05, 0) is 14.0 Å². The van der Waals surface area contributed by atoms with Crippen molar-refractivity contribution in [3.05, 3.63) is 18.0 Å². The van der Waals surface area contributed by atoms with Crippen molar-refractivity contribution in [2.75, 3.05) is 12.8 Å². The van der Waals surface area contributed by atoms with Gasteiger partial charge in [-0.3, -0.25) is 4.68 Å². The molecular formula is C13H23N3S2. The van der Waals surface area contributed by atoms with Crippen molar-refractivity contribution in [2.24, 2.45) is 0 Å². The summed E-state index contributed by atoms with van der Waals surface area (Å²) in [6, 6.07) is 0.415. The molecule has 1 N–H and O–H groups in total. The summed E-state index contributed by atoms with van der Waals surface area (Å²) in [5.74, 6) is 1.22. The van der Waals surface area contributed by atoms with Gasteiger partial charge in [0, 0.05) is 45.8 Å². The lowest BCUT2D eigenvalue weighted by atomic mass is 10.1. The lowest BCUT2D eigenvalue weighted by Gasteiger charge is -2.35. The fourth-order valence-electron chi connectivity index (χ4n) is 2.26. The molecule has 1 saturated heterocycles. The number of hydrogen-bond donors (Lipinski definition) is 1. The summed E-state index contributed by atoms with van der Waals surface area (Å²) in [6.45, 7) is 7.75. The van der Waals surface area contributed by atoms with E-state index in [9.17, 15) is 0 Å². The van der Waals surface area contributed by atoms with E-state index in [1.54, 1.807) is 0 Å². The molecule has 0 spiro atoms. The average molecular weight is 285 g/mol. The van der Waals surface area contributed by atoms with Crippen LogP contribution in [0.3, 0.4) is 0 Å². The molecule has 18 heavy (non-hydrogen) atoms. The van der Waals surface area contributed by atoms with Crippen molar-refractivity contribution in [3.8, 4) is 0 Å². The second-order valence-corrected chi connectivity index (χ2v) is 7.85. The third kappa shape index (κ3) is 3.06. The number of aromatic nitrogens is 2. The topological polar surface area (TPSA) is 29.9 Å². The fraction of sp³-hybridized carbons (Fsp3) is 0.769. The van der Waals surface area contributed by atoms with E-state index in [0.717, 1.165) is 17.0 Å². The third-order valence-electron chi connectivity index (χ3n) is 3.59. The van der Waals surface area contributed by atoms with Gasteiger partial charge in [-0.15, -0.1) is 0 Å². The highest BCUT2D eigenvalue weighted by Gasteiger charge is 2.31. The van der Waals surface area contributed by atoms with Crippen LogP contribution in [0, 0.1) is 0 Å². The van der Waals surface area contributed by atoms with Crippen molar-refractivity contribution in [1.82, 2.24) is 15.1 Å². The van der Waals surface area contributed by atoms with Gasteiger partial charge in [0.05, 0.1) is 6.20 Å². The monoisotopic (exact) mass is 285 g/mol. The zero-order valence-electron chi connectivity index (χ0n) is 11.6. The quantitative estimate of drug-likeness (QED) is 0.921. The van der Waals surface area contributed by atoms with E-state index in [4.69, 9.17) is 0 Å². The van der Waals surface area contributed by atoms with E-state index in [1.807, 2.05) is 10.9 Å². The highest BCUT2D eigenvalue weighted by molar-refractivity contribution is 8.07. The Hall–Kier alpha value is -0.130. The predicted molar refractivity (Wildman–Crippen MR) is 82.5 cm³/mol. The first-order valence-electron chi connectivity index (χ1n) is 6.62. The van der Waals surface area contributed by atoms with Crippen LogP contribution in [0.4, 0.5) is 0 Å². The molecule has 1 aromatic rings. The second kappa shape index (κ2) is 6.35. The Labute approximate surface area is 118 Å². The maximum Gasteiger partial charge on any atom is 0.0538 e. The number of aryl methyl sites for hydroxylation is 1. The van der Waals surface area contributed by atoms with Crippen molar-refractivity contribution < 1.29 is 0 Å². The van der Waals surface area contributed by atoms with Crippen LogP contribution in [-0.2, 0) is 6.54 Å². The van der Waals surface area contributed by atoms with Gasteiger partial charge in [0.1, 0.15) is 0 Å². The summed E-state index contributed by atoms with van der Waals surface area (Å²) >= 11 is 4.22. The molecule has 4 atom stereocenters. The number of nitrogens with one attached hydrogen (secondary N) is 1. The van der Waals surface area contributed by atoms with Crippen LogP contribution in [-0.4, -0.2) is 38.3 Å². The highest BCUT2D eigenvalue weighted by Crippen LogP contribution is 2.40. The summed E-state index contributed by atoms with van der Waals surface area (Å²) in [4.78, 5) is 0. The number of thioether (sulfide) groups is 2. The molecule has 2 heterocycles. The SMILES string of the molecule is CCn1cc(C(NC)C2CSC(C)C(C)S2)cn1. The van der Waals surface area contributed by atoms with Crippen LogP contribution in [0.1, 0.15) is 32.4 Å². The largest absolute Gasteiger partial charge is 0.312 e. The molecule has 2 rings (SSSR count). The van der Waals surface area contributed by atoms with Gasteiger partial charge in [-0.2, -0.15) is 28.6 Å². The molecule has 1 aliphatic rings. The summed E-state index contributed by atoms with van der Waals surface area (Å²) in [5, 5.41) is 10.00. The number of hydrogen-bond acceptors (Lipinski definition) is 4. The van der Waals surface area contributed by atoms with Crippen molar-refractivity contribution in [3.63, 3.8) is 0 Å². The molecule has 0 bridgehead atoms. The van der Waals surface area contributed by atoms with Crippen LogP contribution in [0.2, 0.25) is 0 Å². The van der Waals surface area contributed by atoms with Crippen LogP contribution in [0.25, 0.3) is 0 Å². The molecule has 0 amide bonds. The van der Waals surface area contributed by atoms with E-state index in [1.165, 1.54) is 11.3 Å². The van der Waals surface area contributed by atoms with Crippen LogP contribution < -0.4 is 5.32 Å².